The summed E-state index contributed by atoms with van der Waals surface area (Å²) in [4.78, 5) is 24.2. The maximum absolute atomic E-state index is 12.3. The van der Waals surface area contributed by atoms with Crippen molar-refractivity contribution in [2.45, 2.75) is 51.5 Å². The number of carbonyl (C=O) groups excluding carboxylic acids is 2. The lowest BCUT2D eigenvalue weighted by molar-refractivity contribution is -0.149. The number of ether oxygens (including phenoxy) is 2. The van der Waals surface area contributed by atoms with Crippen molar-refractivity contribution in [3.8, 4) is 0 Å². The molecule has 0 aliphatic rings. The second-order valence-electron chi connectivity index (χ2n) is 6.72. The molecule has 1 amide bonds. The number of carbonyl (C=O) groups is 2. The first-order valence-electron chi connectivity index (χ1n) is 8.08. The number of hydrogen-bond donors (Lipinski definition) is 3. The third-order valence-corrected chi connectivity index (χ3v) is 3.07. The number of amides is 1. The molecule has 0 unspecified atom stereocenters. The summed E-state index contributed by atoms with van der Waals surface area (Å²) in [5.41, 5.74) is -0.0310. The van der Waals surface area contributed by atoms with E-state index >= 15 is 0 Å². The normalized spacial score (nSPS) is 13.8. The highest BCUT2D eigenvalue weighted by molar-refractivity contribution is 5.81. The number of esters is 1. The molecule has 0 aromatic heterocycles. The Kier molecular flexibility index (Phi) is 8.46. The minimum Gasteiger partial charge on any atom is -0.762 e. The number of aliphatic hydroxyl groups is 1. The minimum atomic E-state index is -1.36. The predicted octanol–water partition coefficient (Wildman–Crippen LogP) is 1.56. The molecule has 0 saturated carbocycles. The fourth-order valence-electron chi connectivity index (χ4n) is 2.02. The van der Waals surface area contributed by atoms with Gasteiger partial charge >= 0.3 is 12.1 Å². The molecule has 0 aliphatic carbocycles. The monoisotopic (exact) mass is 369 g/mol. The number of benzene rings is 1. The van der Waals surface area contributed by atoms with Crippen LogP contribution in [0.15, 0.2) is 30.3 Å². The standard InChI is InChI=1S/C17H25N2O7/c1-17(2,3)26-16(22)18-14(9-13(20)10-19(23)24)15(21)25-11-12-7-5-4-6-8-12/h4-8,13-14,20,23H,9-11H2,1-3H3,(H,18,22)/q-1/t13-,14+/m1/s1. The lowest BCUT2D eigenvalue weighted by atomic mass is 10.1. The summed E-state index contributed by atoms with van der Waals surface area (Å²) in [5.74, 6) is -0.797. The Bertz CT molecular complexity index is 572. The van der Waals surface area contributed by atoms with Gasteiger partial charge in [0.1, 0.15) is 18.2 Å². The van der Waals surface area contributed by atoms with Gasteiger partial charge in [-0.2, -0.15) is 0 Å². The second kappa shape index (κ2) is 10.1. The molecular weight excluding hydrogens is 344 g/mol. The number of rotatable bonds is 8. The number of hydrogen-bond acceptors (Lipinski definition) is 8. The third kappa shape index (κ3) is 9.33. The Morgan fingerprint density at radius 2 is 1.88 bits per heavy atom. The maximum atomic E-state index is 12.3. The minimum absolute atomic E-state index is 0.0179. The average molecular weight is 369 g/mol. The molecular formula is C17H25N2O7-. The number of aliphatic hydroxyl groups excluding tert-OH is 1. The number of alkyl carbamates (subject to hydrolysis) is 1. The first-order chi connectivity index (χ1) is 12.1. The van der Waals surface area contributed by atoms with Crippen LogP contribution in [0.25, 0.3) is 0 Å². The van der Waals surface area contributed by atoms with E-state index in [1.807, 2.05) is 6.07 Å². The average Bonchev–Trinajstić information content (AvgIpc) is 2.50. The maximum Gasteiger partial charge on any atom is 0.408 e. The van der Waals surface area contributed by atoms with Crippen molar-refractivity contribution in [3.63, 3.8) is 0 Å². The first-order valence-corrected chi connectivity index (χ1v) is 8.08. The van der Waals surface area contributed by atoms with Crippen molar-refractivity contribution in [1.29, 1.82) is 0 Å². The molecule has 146 valence electrons. The van der Waals surface area contributed by atoms with E-state index in [4.69, 9.17) is 14.7 Å². The summed E-state index contributed by atoms with van der Waals surface area (Å²) < 4.78 is 10.2. The van der Waals surface area contributed by atoms with E-state index in [1.54, 1.807) is 45.0 Å². The van der Waals surface area contributed by atoms with E-state index in [2.05, 4.69) is 5.32 Å². The van der Waals surface area contributed by atoms with Gasteiger partial charge in [-0.15, -0.1) is 0 Å². The van der Waals surface area contributed by atoms with Crippen LogP contribution in [0.1, 0.15) is 32.8 Å². The highest BCUT2D eigenvalue weighted by Gasteiger charge is 2.28. The summed E-state index contributed by atoms with van der Waals surface area (Å²) >= 11 is 0. The van der Waals surface area contributed by atoms with Gasteiger partial charge in [-0.25, -0.2) is 9.59 Å². The van der Waals surface area contributed by atoms with E-state index < -0.39 is 41.6 Å². The predicted molar refractivity (Wildman–Crippen MR) is 91.9 cm³/mol. The van der Waals surface area contributed by atoms with E-state index in [1.165, 1.54) is 0 Å². The van der Waals surface area contributed by atoms with Crippen LogP contribution in [0, 0.1) is 5.21 Å². The van der Waals surface area contributed by atoms with Crippen molar-refractivity contribution >= 4 is 12.1 Å². The number of nitrogens with zero attached hydrogens (tertiary/aromatic N) is 1. The largest absolute Gasteiger partial charge is 0.762 e. The van der Waals surface area contributed by atoms with Gasteiger partial charge in [-0.1, -0.05) is 30.3 Å². The molecule has 0 aliphatic heterocycles. The van der Waals surface area contributed by atoms with Gasteiger partial charge in [0.25, 0.3) is 0 Å². The molecule has 1 aromatic rings. The fourth-order valence-corrected chi connectivity index (χ4v) is 2.02. The zero-order valence-electron chi connectivity index (χ0n) is 15.0. The van der Waals surface area contributed by atoms with Crippen molar-refractivity contribution in [2.75, 3.05) is 6.54 Å². The Labute approximate surface area is 152 Å². The van der Waals surface area contributed by atoms with Gasteiger partial charge in [-0.05, 0) is 26.3 Å². The smallest absolute Gasteiger partial charge is 0.408 e. The molecule has 0 bridgehead atoms. The van der Waals surface area contributed by atoms with Crippen LogP contribution in [0.4, 0.5) is 4.79 Å². The van der Waals surface area contributed by atoms with Crippen LogP contribution >= 0.6 is 0 Å². The first kappa shape index (κ1) is 21.8. The van der Waals surface area contributed by atoms with E-state index in [0.29, 0.717) is 0 Å². The molecule has 9 nitrogen and oxygen atoms in total. The van der Waals surface area contributed by atoms with Gasteiger partial charge in [0, 0.05) is 13.0 Å². The molecule has 9 heteroatoms. The quantitative estimate of drug-likeness (QED) is 0.465. The molecule has 0 fully saturated rings. The lowest BCUT2D eigenvalue weighted by Gasteiger charge is -2.26. The van der Waals surface area contributed by atoms with Gasteiger partial charge in [0.15, 0.2) is 0 Å². The number of hydroxylamine groups is 2. The summed E-state index contributed by atoms with van der Waals surface area (Å²) in [6.07, 6.45) is -2.55. The Hall–Kier alpha value is -2.20. The SMILES string of the molecule is CC(C)(C)OC(=O)N[C@@H](C[C@@H](O)CN([O-])O)C(=O)OCc1ccccc1. The lowest BCUT2D eigenvalue weighted by Crippen LogP contribution is -2.46. The second-order valence-corrected chi connectivity index (χ2v) is 6.72. The van der Waals surface area contributed by atoms with Crippen molar-refractivity contribution in [3.05, 3.63) is 41.1 Å². The van der Waals surface area contributed by atoms with Crippen molar-refractivity contribution in [1.82, 2.24) is 10.5 Å². The van der Waals surface area contributed by atoms with E-state index in [-0.39, 0.29) is 13.0 Å². The molecule has 1 aromatic carbocycles. The molecule has 1 rings (SSSR count). The van der Waals surface area contributed by atoms with Gasteiger partial charge < -0.3 is 30.3 Å². The van der Waals surface area contributed by atoms with E-state index in [9.17, 15) is 19.9 Å². The zero-order chi connectivity index (χ0) is 19.7. The van der Waals surface area contributed by atoms with Crippen LogP contribution < -0.4 is 5.32 Å². The van der Waals surface area contributed by atoms with Gasteiger partial charge in [-0.3, -0.25) is 5.23 Å². The molecule has 0 saturated heterocycles. The molecule has 26 heavy (non-hydrogen) atoms. The molecule has 0 radical (unpaired) electrons. The van der Waals surface area contributed by atoms with Crippen LogP contribution in [0.2, 0.25) is 0 Å². The van der Waals surface area contributed by atoms with Crippen LogP contribution in [-0.2, 0) is 20.9 Å². The molecule has 2 atom stereocenters. The van der Waals surface area contributed by atoms with Gasteiger partial charge in [0.2, 0.25) is 0 Å². The van der Waals surface area contributed by atoms with Crippen LogP contribution in [-0.4, -0.2) is 51.9 Å². The van der Waals surface area contributed by atoms with Crippen molar-refractivity contribution < 1.29 is 29.4 Å². The third-order valence-electron chi connectivity index (χ3n) is 3.07. The van der Waals surface area contributed by atoms with Gasteiger partial charge in [0.05, 0.1) is 6.10 Å². The van der Waals surface area contributed by atoms with Crippen LogP contribution in [0.3, 0.4) is 0 Å². The summed E-state index contributed by atoms with van der Waals surface area (Å²) in [6.45, 7) is 4.32. The Morgan fingerprint density at radius 1 is 1.27 bits per heavy atom. The Balaban J connectivity index is 2.71. The zero-order valence-corrected chi connectivity index (χ0v) is 15.0. The summed E-state index contributed by atoms with van der Waals surface area (Å²) in [5, 5.41) is 30.9. The van der Waals surface area contributed by atoms with Crippen molar-refractivity contribution in [2.24, 2.45) is 0 Å². The topological polar surface area (TPSA) is 131 Å². The highest BCUT2D eigenvalue weighted by atomic mass is 16.8. The Morgan fingerprint density at radius 3 is 2.42 bits per heavy atom. The summed E-state index contributed by atoms with van der Waals surface area (Å²) in [6, 6.07) is 7.67. The fraction of sp³-hybridized carbons (Fsp3) is 0.529. The van der Waals surface area contributed by atoms with Crippen LogP contribution in [0.5, 0.6) is 0 Å². The molecule has 0 spiro atoms. The number of nitrogens with one attached hydrogen (secondary N) is 1. The highest BCUT2D eigenvalue weighted by Crippen LogP contribution is 2.10. The summed E-state index contributed by atoms with van der Waals surface area (Å²) in [7, 11) is 0. The molecule has 3 N–H and O–H groups in total. The van der Waals surface area contributed by atoms with E-state index in [0.717, 1.165) is 5.56 Å². The molecule has 0 heterocycles.